The molecule has 2 rings (SSSR count). The van der Waals surface area contributed by atoms with E-state index in [0.29, 0.717) is 0 Å². The second-order valence-electron chi connectivity index (χ2n) is 5.24. The Balaban J connectivity index is 2.13. The van der Waals surface area contributed by atoms with Crippen LogP contribution in [0.2, 0.25) is 0 Å². The molecule has 0 heterocycles. The monoisotopic (exact) mass is 296 g/mol. The lowest BCUT2D eigenvalue weighted by atomic mass is 9.94. The van der Waals surface area contributed by atoms with Crippen LogP contribution < -0.4 is 11.1 Å². The van der Waals surface area contributed by atoms with E-state index >= 15 is 0 Å². The fourth-order valence-corrected chi connectivity index (χ4v) is 1.97. The summed E-state index contributed by atoms with van der Waals surface area (Å²) in [6, 6.07) is 7.94. The van der Waals surface area contributed by atoms with Gasteiger partial charge in [-0.1, -0.05) is 28.1 Å². The molecule has 4 heteroatoms. The lowest BCUT2D eigenvalue weighted by molar-refractivity contribution is -0.125. The molecular weight excluding hydrogens is 280 g/mol. The molecule has 0 atom stereocenters. The van der Waals surface area contributed by atoms with Crippen molar-refractivity contribution in [3.63, 3.8) is 0 Å². The summed E-state index contributed by atoms with van der Waals surface area (Å²) in [6.45, 7) is 3.97. The zero-order chi connectivity index (χ0) is 12.7. The van der Waals surface area contributed by atoms with E-state index in [1.165, 1.54) is 0 Å². The number of rotatable bonds is 3. The minimum absolute atomic E-state index is 0.0505. The van der Waals surface area contributed by atoms with E-state index in [9.17, 15) is 4.79 Å². The van der Waals surface area contributed by atoms with Crippen LogP contribution in [0.1, 0.15) is 32.3 Å². The van der Waals surface area contributed by atoms with Crippen LogP contribution in [0.15, 0.2) is 28.7 Å². The average Bonchev–Trinajstić information content (AvgIpc) is 2.98. The molecule has 1 aromatic carbocycles. The molecule has 0 spiro atoms. The lowest BCUT2D eigenvalue weighted by Crippen LogP contribution is -2.50. The average molecular weight is 297 g/mol. The number of carbonyl (C=O) groups is 1. The Morgan fingerprint density at radius 2 is 1.88 bits per heavy atom. The third-order valence-corrected chi connectivity index (χ3v) is 3.76. The van der Waals surface area contributed by atoms with Crippen LogP contribution in [-0.4, -0.2) is 11.4 Å². The van der Waals surface area contributed by atoms with Crippen molar-refractivity contribution < 1.29 is 4.79 Å². The van der Waals surface area contributed by atoms with Gasteiger partial charge in [-0.2, -0.15) is 0 Å². The predicted octanol–water partition coefficient (Wildman–Crippen LogP) is 2.29. The van der Waals surface area contributed by atoms with E-state index in [0.717, 1.165) is 22.9 Å². The summed E-state index contributed by atoms with van der Waals surface area (Å²) in [6.07, 6.45) is 1.57. The number of carbonyl (C=O) groups excluding carboxylic acids is 1. The van der Waals surface area contributed by atoms with Crippen LogP contribution in [0.4, 0.5) is 0 Å². The summed E-state index contributed by atoms with van der Waals surface area (Å²) < 4.78 is 1.03. The minimum atomic E-state index is -0.618. The Bertz CT molecular complexity index is 435. The van der Waals surface area contributed by atoms with Crippen LogP contribution in [0.25, 0.3) is 0 Å². The van der Waals surface area contributed by atoms with Crippen LogP contribution >= 0.6 is 15.9 Å². The quantitative estimate of drug-likeness (QED) is 0.899. The molecule has 0 aliphatic heterocycles. The van der Waals surface area contributed by atoms with Gasteiger partial charge in [-0.15, -0.1) is 0 Å². The van der Waals surface area contributed by atoms with Crippen molar-refractivity contribution in [1.82, 2.24) is 5.32 Å². The molecule has 3 N–H and O–H groups in total. The van der Waals surface area contributed by atoms with Crippen molar-refractivity contribution in [2.75, 3.05) is 0 Å². The van der Waals surface area contributed by atoms with E-state index < -0.39 is 11.1 Å². The van der Waals surface area contributed by atoms with Crippen LogP contribution in [-0.2, 0) is 10.3 Å². The largest absolute Gasteiger partial charge is 0.346 e. The van der Waals surface area contributed by atoms with E-state index in [1.54, 1.807) is 0 Å². The van der Waals surface area contributed by atoms with Crippen LogP contribution in [0.3, 0.4) is 0 Å². The Morgan fingerprint density at radius 3 is 2.35 bits per heavy atom. The van der Waals surface area contributed by atoms with Crippen molar-refractivity contribution in [3.8, 4) is 0 Å². The molecule has 1 fully saturated rings. The van der Waals surface area contributed by atoms with Crippen molar-refractivity contribution in [1.29, 1.82) is 0 Å². The van der Waals surface area contributed by atoms with E-state index in [4.69, 9.17) is 5.73 Å². The van der Waals surface area contributed by atoms with Crippen molar-refractivity contribution >= 4 is 21.8 Å². The molecule has 0 saturated heterocycles. The maximum absolute atomic E-state index is 11.9. The highest BCUT2D eigenvalue weighted by atomic mass is 79.9. The number of amides is 1. The number of hydrogen-bond acceptors (Lipinski definition) is 2. The van der Waals surface area contributed by atoms with Gasteiger partial charge in [0.25, 0.3) is 0 Å². The first-order valence-electron chi connectivity index (χ1n) is 5.71. The molecule has 1 aliphatic carbocycles. The Labute approximate surface area is 110 Å². The van der Waals surface area contributed by atoms with Gasteiger partial charge in [0, 0.05) is 4.47 Å². The maximum Gasteiger partial charge on any atom is 0.240 e. The van der Waals surface area contributed by atoms with Gasteiger partial charge in [0.15, 0.2) is 0 Å². The Morgan fingerprint density at radius 1 is 1.35 bits per heavy atom. The van der Waals surface area contributed by atoms with Gasteiger partial charge >= 0.3 is 0 Å². The SMILES string of the molecule is CC(C)(NC(=O)C1(N)CC1)c1ccc(Br)cc1. The third kappa shape index (κ3) is 2.69. The van der Waals surface area contributed by atoms with Crippen LogP contribution in [0.5, 0.6) is 0 Å². The van der Waals surface area contributed by atoms with Crippen molar-refractivity contribution in [2.24, 2.45) is 5.73 Å². The van der Waals surface area contributed by atoms with Gasteiger partial charge in [-0.05, 0) is 44.4 Å². The number of nitrogens with one attached hydrogen (secondary N) is 1. The molecule has 1 aliphatic rings. The third-order valence-electron chi connectivity index (χ3n) is 3.23. The zero-order valence-electron chi connectivity index (χ0n) is 10.1. The molecule has 92 valence electrons. The lowest BCUT2D eigenvalue weighted by Gasteiger charge is -2.28. The summed E-state index contributed by atoms with van der Waals surface area (Å²) in [5.41, 5.74) is 5.93. The molecule has 0 unspecified atom stereocenters. The molecule has 17 heavy (non-hydrogen) atoms. The first-order chi connectivity index (χ1) is 7.83. The Kier molecular flexibility index (Phi) is 3.04. The molecule has 0 radical (unpaired) electrons. The molecule has 1 saturated carbocycles. The molecule has 1 amide bonds. The molecule has 3 nitrogen and oxygen atoms in total. The summed E-state index contributed by atoms with van der Waals surface area (Å²) >= 11 is 3.40. The number of hydrogen-bond donors (Lipinski definition) is 2. The highest BCUT2D eigenvalue weighted by Crippen LogP contribution is 2.33. The van der Waals surface area contributed by atoms with Gasteiger partial charge < -0.3 is 11.1 Å². The molecule has 0 aromatic heterocycles. The van der Waals surface area contributed by atoms with E-state index in [2.05, 4.69) is 21.2 Å². The normalized spacial score (nSPS) is 17.6. The Hall–Kier alpha value is -0.870. The van der Waals surface area contributed by atoms with Crippen LogP contribution in [0, 0.1) is 0 Å². The first kappa shape index (κ1) is 12.6. The highest BCUT2D eigenvalue weighted by Gasteiger charge is 2.47. The van der Waals surface area contributed by atoms with Crippen molar-refractivity contribution in [3.05, 3.63) is 34.3 Å². The zero-order valence-corrected chi connectivity index (χ0v) is 11.7. The van der Waals surface area contributed by atoms with Gasteiger partial charge in [0.1, 0.15) is 0 Å². The van der Waals surface area contributed by atoms with Gasteiger partial charge in [-0.3, -0.25) is 4.79 Å². The molecule has 1 aromatic rings. The minimum Gasteiger partial charge on any atom is -0.346 e. The highest BCUT2D eigenvalue weighted by molar-refractivity contribution is 9.10. The number of halogens is 1. The summed E-state index contributed by atoms with van der Waals surface area (Å²) in [5, 5.41) is 3.02. The molecular formula is C13H17BrN2O. The maximum atomic E-state index is 11.9. The molecule has 0 bridgehead atoms. The summed E-state index contributed by atoms with van der Waals surface area (Å²) in [5.74, 6) is -0.0505. The summed E-state index contributed by atoms with van der Waals surface area (Å²) in [4.78, 5) is 11.9. The summed E-state index contributed by atoms with van der Waals surface area (Å²) in [7, 11) is 0. The van der Waals surface area contributed by atoms with E-state index in [1.807, 2.05) is 38.1 Å². The smallest absolute Gasteiger partial charge is 0.240 e. The van der Waals surface area contributed by atoms with E-state index in [-0.39, 0.29) is 5.91 Å². The fraction of sp³-hybridized carbons (Fsp3) is 0.462. The number of benzene rings is 1. The van der Waals surface area contributed by atoms with Gasteiger partial charge in [0.05, 0.1) is 11.1 Å². The second-order valence-corrected chi connectivity index (χ2v) is 6.16. The fourth-order valence-electron chi connectivity index (χ4n) is 1.71. The van der Waals surface area contributed by atoms with Gasteiger partial charge in [-0.25, -0.2) is 0 Å². The standard InChI is InChI=1S/C13H17BrN2O/c1-12(2,9-3-5-10(14)6-4-9)16-11(17)13(15)7-8-13/h3-6H,7-8,15H2,1-2H3,(H,16,17). The predicted molar refractivity (Wildman–Crippen MR) is 71.5 cm³/mol. The van der Waals surface area contributed by atoms with Gasteiger partial charge in [0.2, 0.25) is 5.91 Å². The first-order valence-corrected chi connectivity index (χ1v) is 6.50. The topological polar surface area (TPSA) is 55.1 Å². The second kappa shape index (κ2) is 4.10. The van der Waals surface area contributed by atoms with Crippen molar-refractivity contribution in [2.45, 2.75) is 37.8 Å². The number of nitrogens with two attached hydrogens (primary N) is 1.